The van der Waals surface area contributed by atoms with Gasteiger partial charge >= 0.3 is 0 Å². The Kier molecular flexibility index (Phi) is 4.85. The van der Waals surface area contributed by atoms with Crippen LogP contribution in [0.25, 0.3) is 0 Å². The van der Waals surface area contributed by atoms with Crippen molar-refractivity contribution in [2.75, 3.05) is 0 Å². The molecule has 0 aromatic heterocycles. The van der Waals surface area contributed by atoms with Gasteiger partial charge in [0.2, 0.25) is 0 Å². The van der Waals surface area contributed by atoms with Crippen LogP contribution in [0.5, 0.6) is 0 Å². The molecule has 3 nitrogen and oxygen atoms in total. The molecular formula is C15H24O3. The topological polar surface area (TPSA) is 54.4 Å². The summed E-state index contributed by atoms with van der Waals surface area (Å²) in [6.07, 6.45) is 3.80. The van der Waals surface area contributed by atoms with Gasteiger partial charge in [-0.3, -0.25) is 4.79 Å². The average Bonchev–Trinajstić information content (AvgIpc) is 2.22. The molecule has 0 aliphatic heterocycles. The van der Waals surface area contributed by atoms with Crippen LogP contribution in [0.1, 0.15) is 53.4 Å². The second-order valence-electron chi connectivity index (χ2n) is 5.97. The molecule has 1 aliphatic carbocycles. The number of Topliss-reactive ketones (excluding diaryl/α,β-unsaturated/α-hetero) is 2. The van der Waals surface area contributed by atoms with E-state index in [2.05, 4.69) is 13.8 Å². The van der Waals surface area contributed by atoms with Gasteiger partial charge in [-0.2, -0.15) is 0 Å². The van der Waals surface area contributed by atoms with Crippen molar-refractivity contribution in [1.82, 2.24) is 0 Å². The number of hydrogen-bond acceptors (Lipinski definition) is 3. The molecule has 1 N–H and O–H groups in total. The van der Waals surface area contributed by atoms with E-state index in [9.17, 15) is 14.7 Å². The summed E-state index contributed by atoms with van der Waals surface area (Å²) in [6, 6.07) is 0. The smallest absolute Gasteiger partial charge is 0.159 e. The van der Waals surface area contributed by atoms with E-state index in [0.29, 0.717) is 31.6 Å². The third-order valence-corrected chi connectivity index (χ3v) is 3.66. The van der Waals surface area contributed by atoms with Crippen LogP contribution in [0, 0.1) is 11.8 Å². The van der Waals surface area contributed by atoms with Crippen LogP contribution in [0.3, 0.4) is 0 Å². The summed E-state index contributed by atoms with van der Waals surface area (Å²) in [5, 5.41) is 10.1. The molecule has 0 heterocycles. The fourth-order valence-corrected chi connectivity index (χ4v) is 2.52. The Morgan fingerprint density at radius 2 is 2.11 bits per heavy atom. The highest BCUT2D eigenvalue weighted by atomic mass is 16.3. The lowest BCUT2D eigenvalue weighted by molar-refractivity contribution is -0.119. The van der Waals surface area contributed by atoms with Gasteiger partial charge in [0.1, 0.15) is 5.78 Å². The number of carbonyl (C=O) groups excluding carboxylic acids is 2. The maximum Gasteiger partial charge on any atom is 0.159 e. The van der Waals surface area contributed by atoms with E-state index >= 15 is 0 Å². The van der Waals surface area contributed by atoms with Crippen molar-refractivity contribution in [3.63, 3.8) is 0 Å². The highest BCUT2D eigenvalue weighted by molar-refractivity contribution is 5.97. The molecule has 0 amide bonds. The summed E-state index contributed by atoms with van der Waals surface area (Å²) in [6.45, 7) is 7.43. The molecule has 0 saturated carbocycles. The number of hydrogen-bond donors (Lipinski definition) is 1. The summed E-state index contributed by atoms with van der Waals surface area (Å²) in [5.74, 6) is 0.654. The van der Waals surface area contributed by atoms with E-state index < -0.39 is 5.60 Å². The average molecular weight is 252 g/mol. The van der Waals surface area contributed by atoms with Crippen LogP contribution in [-0.2, 0) is 9.59 Å². The zero-order valence-corrected chi connectivity index (χ0v) is 11.8. The molecular weight excluding hydrogens is 228 g/mol. The summed E-state index contributed by atoms with van der Waals surface area (Å²) in [4.78, 5) is 23.1. The molecule has 0 fully saturated rings. The summed E-state index contributed by atoms with van der Waals surface area (Å²) in [5.41, 5.74) is -0.158. The molecule has 0 saturated heterocycles. The predicted molar refractivity (Wildman–Crippen MR) is 71.2 cm³/mol. The Labute approximate surface area is 109 Å². The van der Waals surface area contributed by atoms with Crippen molar-refractivity contribution in [3.05, 3.63) is 11.6 Å². The van der Waals surface area contributed by atoms with Crippen LogP contribution in [0.2, 0.25) is 0 Å². The first-order valence-corrected chi connectivity index (χ1v) is 6.70. The highest BCUT2D eigenvalue weighted by Gasteiger charge is 2.32. The van der Waals surface area contributed by atoms with E-state index in [-0.39, 0.29) is 17.5 Å². The monoisotopic (exact) mass is 252 g/mol. The van der Waals surface area contributed by atoms with Crippen molar-refractivity contribution < 1.29 is 14.7 Å². The van der Waals surface area contributed by atoms with Crippen molar-refractivity contribution in [2.45, 2.75) is 59.0 Å². The molecule has 2 atom stereocenters. The van der Waals surface area contributed by atoms with Gasteiger partial charge in [-0.15, -0.1) is 0 Å². The summed E-state index contributed by atoms with van der Waals surface area (Å²) >= 11 is 0. The van der Waals surface area contributed by atoms with Crippen molar-refractivity contribution >= 4 is 11.6 Å². The van der Waals surface area contributed by atoms with Crippen LogP contribution < -0.4 is 0 Å². The number of rotatable bonds is 5. The number of aliphatic hydroxyl groups is 1. The fourth-order valence-electron chi connectivity index (χ4n) is 2.52. The second-order valence-corrected chi connectivity index (χ2v) is 5.97. The SMILES string of the molecule is CC(=O)CCC(C1=CC(C)(O)CCC1=O)C(C)C. The molecule has 0 aromatic carbocycles. The first kappa shape index (κ1) is 15.1. The Balaban J connectivity index is 2.93. The third-order valence-electron chi connectivity index (χ3n) is 3.66. The van der Waals surface area contributed by atoms with E-state index in [1.54, 1.807) is 19.9 Å². The Morgan fingerprint density at radius 1 is 1.50 bits per heavy atom. The number of carbonyl (C=O) groups is 2. The normalized spacial score (nSPS) is 26.1. The van der Waals surface area contributed by atoms with Gasteiger partial charge in [0.05, 0.1) is 5.60 Å². The lowest BCUT2D eigenvalue weighted by atomic mass is 9.75. The van der Waals surface area contributed by atoms with Gasteiger partial charge in [0, 0.05) is 12.8 Å². The Bertz CT molecular complexity index is 364. The molecule has 102 valence electrons. The van der Waals surface area contributed by atoms with Gasteiger partial charge in [-0.25, -0.2) is 0 Å². The largest absolute Gasteiger partial charge is 0.386 e. The molecule has 1 rings (SSSR count). The third kappa shape index (κ3) is 4.05. The van der Waals surface area contributed by atoms with Gasteiger partial charge in [0.15, 0.2) is 5.78 Å². The van der Waals surface area contributed by atoms with Crippen LogP contribution >= 0.6 is 0 Å². The van der Waals surface area contributed by atoms with E-state index in [4.69, 9.17) is 0 Å². The van der Waals surface area contributed by atoms with E-state index in [1.807, 2.05) is 0 Å². The minimum absolute atomic E-state index is 0.0770. The molecule has 0 aromatic rings. The summed E-state index contributed by atoms with van der Waals surface area (Å²) in [7, 11) is 0. The van der Waals surface area contributed by atoms with Gasteiger partial charge in [-0.1, -0.05) is 13.8 Å². The molecule has 1 aliphatic rings. The molecule has 0 radical (unpaired) electrons. The lowest BCUT2D eigenvalue weighted by Gasteiger charge is -2.31. The molecule has 3 heteroatoms. The van der Waals surface area contributed by atoms with Gasteiger partial charge in [0.25, 0.3) is 0 Å². The minimum Gasteiger partial charge on any atom is -0.386 e. The van der Waals surface area contributed by atoms with Crippen molar-refractivity contribution in [2.24, 2.45) is 11.8 Å². The maximum absolute atomic E-state index is 12.0. The first-order valence-electron chi connectivity index (χ1n) is 6.70. The standard InChI is InChI=1S/C15H24O3/c1-10(2)12(6-5-11(3)16)13-9-15(4,18)8-7-14(13)17/h9-10,12,18H,5-8H2,1-4H3. The van der Waals surface area contributed by atoms with E-state index in [0.717, 1.165) is 5.57 Å². The highest BCUT2D eigenvalue weighted by Crippen LogP contribution is 2.33. The van der Waals surface area contributed by atoms with Crippen LogP contribution in [-0.4, -0.2) is 22.3 Å². The first-order chi connectivity index (χ1) is 8.23. The van der Waals surface area contributed by atoms with Crippen molar-refractivity contribution in [3.8, 4) is 0 Å². The fraction of sp³-hybridized carbons (Fsp3) is 0.733. The Hall–Kier alpha value is -0.960. The van der Waals surface area contributed by atoms with Gasteiger partial charge in [-0.05, 0) is 50.2 Å². The zero-order chi connectivity index (χ0) is 13.9. The van der Waals surface area contributed by atoms with Gasteiger partial charge < -0.3 is 9.90 Å². The Morgan fingerprint density at radius 3 is 2.61 bits per heavy atom. The molecule has 0 spiro atoms. The van der Waals surface area contributed by atoms with Crippen LogP contribution in [0.15, 0.2) is 11.6 Å². The zero-order valence-electron chi connectivity index (χ0n) is 11.8. The number of ketones is 2. The van der Waals surface area contributed by atoms with Crippen molar-refractivity contribution in [1.29, 1.82) is 0 Å². The summed E-state index contributed by atoms with van der Waals surface area (Å²) < 4.78 is 0. The lowest BCUT2D eigenvalue weighted by Crippen LogP contribution is -2.32. The number of allylic oxidation sites excluding steroid dienone is 1. The maximum atomic E-state index is 12.0. The second kappa shape index (κ2) is 5.79. The predicted octanol–water partition coefficient (Wildman–Crippen LogP) is 2.67. The molecule has 0 bridgehead atoms. The van der Waals surface area contributed by atoms with Crippen LogP contribution in [0.4, 0.5) is 0 Å². The quantitative estimate of drug-likeness (QED) is 0.818. The van der Waals surface area contributed by atoms with E-state index in [1.165, 1.54) is 0 Å². The molecule has 18 heavy (non-hydrogen) atoms. The molecule has 2 unspecified atom stereocenters. The minimum atomic E-state index is -0.882.